The highest BCUT2D eigenvalue weighted by atomic mass is 16.5. The Morgan fingerprint density at radius 3 is 2.69 bits per heavy atom. The Bertz CT molecular complexity index is 714. The number of ether oxygens (including phenoxy) is 1. The Hall–Kier alpha value is -1.73. The Morgan fingerprint density at radius 1 is 1.23 bits per heavy atom. The number of rotatable bonds is 4. The van der Waals surface area contributed by atoms with Crippen LogP contribution in [0.2, 0.25) is 0 Å². The molecule has 2 fully saturated rings. The fourth-order valence-electron chi connectivity index (χ4n) is 4.25. The van der Waals surface area contributed by atoms with Gasteiger partial charge in [-0.1, -0.05) is 30.3 Å². The van der Waals surface area contributed by atoms with Crippen molar-refractivity contribution in [1.29, 1.82) is 0 Å². The molecule has 4 rings (SSSR count). The number of piperidine rings is 1. The van der Waals surface area contributed by atoms with Crippen LogP contribution in [0.1, 0.15) is 23.4 Å². The first-order valence-corrected chi connectivity index (χ1v) is 9.48. The third-order valence-corrected chi connectivity index (χ3v) is 5.86. The topological polar surface area (TPSA) is 64.6 Å². The lowest BCUT2D eigenvalue weighted by molar-refractivity contribution is -0.119. The minimum Gasteiger partial charge on any atom is -0.383 e. The molecule has 0 unspecified atom stereocenters. The van der Waals surface area contributed by atoms with Gasteiger partial charge in [-0.05, 0) is 18.9 Å². The first-order valence-electron chi connectivity index (χ1n) is 9.48. The summed E-state index contributed by atoms with van der Waals surface area (Å²) >= 11 is 0. The number of nitrogens with one attached hydrogen (secondary N) is 1. The van der Waals surface area contributed by atoms with E-state index in [4.69, 9.17) is 4.74 Å². The van der Waals surface area contributed by atoms with E-state index >= 15 is 0 Å². The molecule has 0 saturated carbocycles. The molecule has 2 aliphatic heterocycles. The third kappa shape index (κ3) is 3.42. The lowest BCUT2D eigenvalue weighted by Crippen LogP contribution is -2.62. The number of imidazole rings is 1. The summed E-state index contributed by atoms with van der Waals surface area (Å²) < 4.78 is 5.54. The van der Waals surface area contributed by atoms with Gasteiger partial charge < -0.3 is 14.8 Å². The zero-order valence-corrected chi connectivity index (χ0v) is 15.4. The highest BCUT2D eigenvalue weighted by molar-refractivity contribution is 5.26. The second-order valence-electron chi connectivity index (χ2n) is 7.41. The van der Waals surface area contributed by atoms with Crippen LogP contribution in [0, 0.1) is 6.92 Å². The molecule has 2 aromatic rings. The lowest BCUT2D eigenvalue weighted by atomic mass is 9.79. The van der Waals surface area contributed by atoms with Crippen molar-refractivity contribution in [3.05, 3.63) is 53.6 Å². The van der Waals surface area contributed by atoms with Crippen LogP contribution in [-0.2, 0) is 16.9 Å². The van der Waals surface area contributed by atoms with Gasteiger partial charge in [-0.2, -0.15) is 0 Å². The van der Waals surface area contributed by atoms with Gasteiger partial charge in [0.2, 0.25) is 0 Å². The molecule has 1 aromatic heterocycles. The Morgan fingerprint density at radius 2 is 2.00 bits per heavy atom. The number of morpholine rings is 1. The summed E-state index contributed by atoms with van der Waals surface area (Å²) in [5.41, 5.74) is 2.41. The second-order valence-corrected chi connectivity index (χ2v) is 7.41. The summed E-state index contributed by atoms with van der Waals surface area (Å²) in [6, 6.07) is 10.2. The van der Waals surface area contributed by atoms with Crippen molar-refractivity contribution in [2.24, 2.45) is 0 Å². The van der Waals surface area contributed by atoms with Gasteiger partial charge in [0.25, 0.3) is 0 Å². The fraction of sp³-hybridized carbons (Fsp3) is 0.550. The summed E-state index contributed by atoms with van der Waals surface area (Å²) in [5, 5.41) is 11.7. The molecule has 2 aliphatic rings. The molecular weight excluding hydrogens is 328 g/mol. The molecule has 6 heteroatoms. The van der Waals surface area contributed by atoms with Gasteiger partial charge in [0.1, 0.15) is 5.60 Å². The van der Waals surface area contributed by atoms with Crippen LogP contribution in [0.4, 0.5) is 0 Å². The van der Waals surface area contributed by atoms with Gasteiger partial charge in [-0.15, -0.1) is 0 Å². The molecule has 2 atom stereocenters. The first-order chi connectivity index (χ1) is 12.7. The van der Waals surface area contributed by atoms with Crippen LogP contribution in [-0.4, -0.2) is 70.3 Å². The van der Waals surface area contributed by atoms with Crippen molar-refractivity contribution in [2.45, 2.75) is 31.5 Å². The second kappa shape index (κ2) is 7.48. The van der Waals surface area contributed by atoms with Crippen LogP contribution in [0.25, 0.3) is 0 Å². The summed E-state index contributed by atoms with van der Waals surface area (Å²) in [5.74, 6) is 0. The normalized spacial score (nSPS) is 28.3. The van der Waals surface area contributed by atoms with Gasteiger partial charge in [-0.3, -0.25) is 9.80 Å². The van der Waals surface area contributed by atoms with Crippen molar-refractivity contribution in [3.63, 3.8) is 0 Å². The zero-order valence-electron chi connectivity index (χ0n) is 15.4. The fourth-order valence-corrected chi connectivity index (χ4v) is 4.25. The van der Waals surface area contributed by atoms with Crippen molar-refractivity contribution in [2.75, 3.05) is 39.4 Å². The number of H-pyrrole nitrogens is 1. The van der Waals surface area contributed by atoms with E-state index < -0.39 is 5.60 Å². The largest absolute Gasteiger partial charge is 0.383 e. The van der Waals surface area contributed by atoms with Crippen molar-refractivity contribution >= 4 is 0 Å². The molecule has 0 aliphatic carbocycles. The molecule has 0 bridgehead atoms. The van der Waals surface area contributed by atoms with Gasteiger partial charge in [0, 0.05) is 38.4 Å². The standard InChI is InChI=1S/C20H28N4O2/c1-16-18(22-15-21-16)13-23-8-7-20(25,17-5-3-2-4-6-17)19(14-23)24-9-11-26-12-10-24/h2-6,15,19,25H,7-14H2,1H3,(H,21,22)/t19-,20+/m1/s1. The molecule has 0 radical (unpaired) electrons. The Labute approximate surface area is 154 Å². The van der Waals surface area contributed by atoms with Crippen LogP contribution in [0.3, 0.4) is 0 Å². The van der Waals surface area contributed by atoms with Crippen LogP contribution < -0.4 is 0 Å². The van der Waals surface area contributed by atoms with E-state index in [9.17, 15) is 5.11 Å². The predicted molar refractivity (Wildman–Crippen MR) is 99.7 cm³/mol. The first kappa shape index (κ1) is 17.7. The van der Waals surface area contributed by atoms with Crippen LogP contribution in [0.15, 0.2) is 36.7 Å². The summed E-state index contributed by atoms with van der Waals surface area (Å²) in [7, 11) is 0. The number of aryl methyl sites for hydroxylation is 1. The number of nitrogens with zero attached hydrogens (tertiary/aromatic N) is 3. The van der Waals surface area contributed by atoms with E-state index in [0.717, 1.165) is 69.3 Å². The van der Waals surface area contributed by atoms with Crippen molar-refractivity contribution in [1.82, 2.24) is 19.8 Å². The number of likely N-dealkylation sites (tertiary alicyclic amines) is 1. The number of aliphatic hydroxyl groups is 1. The number of benzene rings is 1. The van der Waals surface area contributed by atoms with E-state index in [-0.39, 0.29) is 6.04 Å². The van der Waals surface area contributed by atoms with Crippen molar-refractivity contribution < 1.29 is 9.84 Å². The molecule has 3 heterocycles. The maximum absolute atomic E-state index is 11.7. The minimum absolute atomic E-state index is 0.0572. The van der Waals surface area contributed by atoms with Gasteiger partial charge in [0.15, 0.2) is 0 Å². The minimum atomic E-state index is -0.824. The van der Waals surface area contributed by atoms with E-state index in [2.05, 4.69) is 38.8 Å². The summed E-state index contributed by atoms with van der Waals surface area (Å²) in [6.45, 7) is 7.78. The molecular formula is C20H28N4O2. The van der Waals surface area contributed by atoms with E-state index in [0.29, 0.717) is 0 Å². The highest BCUT2D eigenvalue weighted by Gasteiger charge is 2.46. The SMILES string of the molecule is Cc1[nH]cnc1CN1CC[C@](O)(c2ccccc2)[C@H](N2CCOCC2)C1. The van der Waals surface area contributed by atoms with E-state index in [1.807, 2.05) is 18.2 Å². The molecule has 1 aromatic carbocycles. The Balaban J connectivity index is 1.58. The Kier molecular flexibility index (Phi) is 5.09. The van der Waals surface area contributed by atoms with Gasteiger partial charge >= 0.3 is 0 Å². The molecule has 140 valence electrons. The summed E-state index contributed by atoms with van der Waals surface area (Å²) in [6.07, 6.45) is 2.48. The zero-order chi connectivity index (χ0) is 18.0. The van der Waals surface area contributed by atoms with Crippen LogP contribution >= 0.6 is 0 Å². The predicted octanol–water partition coefficient (Wildman–Crippen LogP) is 1.51. The quantitative estimate of drug-likeness (QED) is 0.869. The molecule has 6 nitrogen and oxygen atoms in total. The third-order valence-electron chi connectivity index (χ3n) is 5.86. The van der Waals surface area contributed by atoms with Crippen molar-refractivity contribution in [3.8, 4) is 0 Å². The maximum Gasteiger partial charge on any atom is 0.108 e. The number of aromatic nitrogens is 2. The van der Waals surface area contributed by atoms with Gasteiger partial charge in [-0.25, -0.2) is 4.98 Å². The molecule has 0 amide bonds. The average Bonchev–Trinajstić information content (AvgIpc) is 3.09. The van der Waals surface area contributed by atoms with Gasteiger partial charge in [0.05, 0.1) is 31.3 Å². The molecule has 26 heavy (non-hydrogen) atoms. The molecule has 2 N–H and O–H groups in total. The lowest BCUT2D eigenvalue weighted by Gasteiger charge is -2.50. The molecule has 0 spiro atoms. The maximum atomic E-state index is 11.7. The molecule has 2 saturated heterocycles. The van der Waals surface area contributed by atoms with E-state index in [1.54, 1.807) is 6.33 Å². The number of aromatic amines is 1. The monoisotopic (exact) mass is 356 g/mol. The number of hydrogen-bond donors (Lipinski definition) is 2. The highest BCUT2D eigenvalue weighted by Crippen LogP contribution is 2.36. The number of hydrogen-bond acceptors (Lipinski definition) is 5. The summed E-state index contributed by atoms with van der Waals surface area (Å²) in [4.78, 5) is 12.4. The smallest absolute Gasteiger partial charge is 0.108 e. The van der Waals surface area contributed by atoms with Crippen LogP contribution in [0.5, 0.6) is 0 Å². The van der Waals surface area contributed by atoms with E-state index in [1.165, 1.54) is 0 Å². The average molecular weight is 356 g/mol.